The van der Waals surface area contributed by atoms with Gasteiger partial charge in [0.15, 0.2) is 0 Å². The van der Waals surface area contributed by atoms with Crippen molar-refractivity contribution in [3.8, 4) is 0 Å². The molecule has 12 heavy (non-hydrogen) atoms. The Balaban J connectivity index is 1.88. The van der Waals surface area contributed by atoms with E-state index in [0.29, 0.717) is 0 Å². The summed E-state index contributed by atoms with van der Waals surface area (Å²) in [5, 5.41) is 2.27. The van der Waals surface area contributed by atoms with E-state index in [1.165, 1.54) is 25.7 Å². The zero-order valence-corrected chi connectivity index (χ0v) is 7.81. The Hall–Kier alpha value is -0.120. The molecule has 70 valence electrons. The van der Waals surface area contributed by atoms with Gasteiger partial charge in [0.25, 0.3) is 0 Å². The van der Waals surface area contributed by atoms with E-state index < -0.39 is 0 Å². The van der Waals surface area contributed by atoms with E-state index in [9.17, 15) is 0 Å². The monoisotopic (exact) mass is 170 g/mol. The molecule has 0 aliphatic carbocycles. The second-order valence-electron chi connectivity index (χ2n) is 3.85. The van der Waals surface area contributed by atoms with Crippen molar-refractivity contribution in [1.29, 1.82) is 0 Å². The van der Waals surface area contributed by atoms with Gasteiger partial charge in [0, 0.05) is 19.7 Å². The Bertz CT molecular complexity index is 145. The minimum absolute atomic E-state index is 0.271. The Morgan fingerprint density at radius 3 is 2.50 bits per heavy atom. The van der Waals surface area contributed by atoms with E-state index in [1.807, 2.05) is 7.05 Å². The molecular formula is C9H18N2O. The van der Waals surface area contributed by atoms with Crippen molar-refractivity contribution >= 4 is 0 Å². The summed E-state index contributed by atoms with van der Waals surface area (Å²) in [6.07, 6.45) is 4.95. The lowest BCUT2D eigenvalue weighted by Crippen LogP contribution is -2.48. The highest BCUT2D eigenvalue weighted by molar-refractivity contribution is 4.89. The van der Waals surface area contributed by atoms with Crippen LogP contribution in [0.2, 0.25) is 0 Å². The summed E-state index contributed by atoms with van der Waals surface area (Å²) in [6, 6.07) is 0. The first-order chi connectivity index (χ1) is 5.85. The summed E-state index contributed by atoms with van der Waals surface area (Å²) < 4.78 is 5.82. The van der Waals surface area contributed by atoms with E-state index >= 15 is 0 Å². The fourth-order valence-corrected chi connectivity index (χ4v) is 2.29. The predicted octanol–water partition coefficient (Wildman–Crippen LogP) is 0.766. The molecule has 2 rings (SSSR count). The van der Waals surface area contributed by atoms with Gasteiger partial charge in [-0.2, -0.15) is 0 Å². The second kappa shape index (κ2) is 3.32. The quantitative estimate of drug-likeness (QED) is 0.629. The molecule has 2 aliphatic rings. The van der Waals surface area contributed by atoms with Gasteiger partial charge in [0.05, 0.1) is 5.60 Å². The van der Waals surface area contributed by atoms with Crippen LogP contribution in [0.4, 0.5) is 0 Å². The van der Waals surface area contributed by atoms with Crippen molar-refractivity contribution in [2.45, 2.75) is 31.3 Å². The molecule has 2 heterocycles. The highest BCUT2D eigenvalue weighted by Gasteiger charge is 2.37. The zero-order valence-electron chi connectivity index (χ0n) is 7.81. The van der Waals surface area contributed by atoms with Crippen LogP contribution < -0.4 is 5.43 Å². The van der Waals surface area contributed by atoms with Crippen LogP contribution in [0.3, 0.4) is 0 Å². The SMILES string of the molecule is CNN1CCC2(CCCO2)CC1. The van der Waals surface area contributed by atoms with Crippen LogP contribution in [-0.2, 0) is 4.74 Å². The molecule has 1 N–H and O–H groups in total. The van der Waals surface area contributed by atoms with Crippen molar-refractivity contribution in [3.05, 3.63) is 0 Å². The average Bonchev–Trinajstić information content (AvgIpc) is 2.55. The van der Waals surface area contributed by atoms with E-state index in [-0.39, 0.29) is 5.60 Å². The third-order valence-corrected chi connectivity index (χ3v) is 3.18. The molecule has 0 aromatic carbocycles. The molecule has 0 aromatic rings. The number of ether oxygens (including phenoxy) is 1. The van der Waals surface area contributed by atoms with Gasteiger partial charge >= 0.3 is 0 Å². The van der Waals surface area contributed by atoms with Crippen LogP contribution in [0, 0.1) is 0 Å². The van der Waals surface area contributed by atoms with Crippen LogP contribution in [0.5, 0.6) is 0 Å². The molecule has 0 atom stereocenters. The van der Waals surface area contributed by atoms with Gasteiger partial charge in [-0.1, -0.05) is 0 Å². The lowest BCUT2D eigenvalue weighted by Gasteiger charge is -2.38. The van der Waals surface area contributed by atoms with Crippen LogP contribution in [-0.4, -0.2) is 37.4 Å². The highest BCUT2D eigenvalue weighted by Crippen LogP contribution is 2.34. The molecule has 2 saturated heterocycles. The molecule has 0 amide bonds. The largest absolute Gasteiger partial charge is 0.375 e. The minimum Gasteiger partial charge on any atom is -0.375 e. The summed E-state index contributed by atoms with van der Waals surface area (Å²) >= 11 is 0. The molecule has 2 fully saturated rings. The van der Waals surface area contributed by atoms with Crippen molar-refractivity contribution in [2.75, 3.05) is 26.7 Å². The molecular weight excluding hydrogens is 152 g/mol. The van der Waals surface area contributed by atoms with Gasteiger partial charge in [-0.25, -0.2) is 5.01 Å². The van der Waals surface area contributed by atoms with Gasteiger partial charge in [-0.05, 0) is 32.7 Å². The number of hydrazine groups is 1. The number of nitrogens with zero attached hydrogens (tertiary/aromatic N) is 1. The van der Waals surface area contributed by atoms with E-state index in [0.717, 1.165) is 19.7 Å². The number of piperidine rings is 1. The number of nitrogens with one attached hydrogen (secondary N) is 1. The predicted molar refractivity (Wildman–Crippen MR) is 47.8 cm³/mol. The maximum Gasteiger partial charge on any atom is 0.0708 e. The molecule has 0 bridgehead atoms. The zero-order chi connectivity index (χ0) is 8.44. The van der Waals surface area contributed by atoms with E-state index in [2.05, 4.69) is 10.4 Å². The molecule has 0 saturated carbocycles. The van der Waals surface area contributed by atoms with Gasteiger partial charge < -0.3 is 4.74 Å². The fourth-order valence-electron chi connectivity index (χ4n) is 2.29. The van der Waals surface area contributed by atoms with Crippen molar-refractivity contribution in [3.63, 3.8) is 0 Å². The van der Waals surface area contributed by atoms with Crippen molar-refractivity contribution in [2.24, 2.45) is 0 Å². The van der Waals surface area contributed by atoms with E-state index in [1.54, 1.807) is 0 Å². The third-order valence-electron chi connectivity index (χ3n) is 3.18. The first kappa shape index (κ1) is 8.48. The smallest absolute Gasteiger partial charge is 0.0708 e. The third kappa shape index (κ3) is 1.49. The summed E-state index contributed by atoms with van der Waals surface area (Å²) in [7, 11) is 1.99. The van der Waals surface area contributed by atoms with Crippen LogP contribution in [0.1, 0.15) is 25.7 Å². The maximum atomic E-state index is 5.82. The molecule has 3 nitrogen and oxygen atoms in total. The van der Waals surface area contributed by atoms with E-state index in [4.69, 9.17) is 4.74 Å². The van der Waals surface area contributed by atoms with Crippen LogP contribution in [0.25, 0.3) is 0 Å². The Morgan fingerprint density at radius 1 is 1.25 bits per heavy atom. The normalized spacial score (nSPS) is 29.8. The topological polar surface area (TPSA) is 24.5 Å². The molecule has 0 radical (unpaired) electrons. The lowest BCUT2D eigenvalue weighted by atomic mass is 9.89. The second-order valence-corrected chi connectivity index (χ2v) is 3.85. The van der Waals surface area contributed by atoms with Gasteiger partial charge in [0.1, 0.15) is 0 Å². The van der Waals surface area contributed by atoms with Gasteiger partial charge in [-0.15, -0.1) is 0 Å². The average molecular weight is 170 g/mol. The summed E-state index contributed by atoms with van der Waals surface area (Å²) in [6.45, 7) is 3.26. The Morgan fingerprint density at radius 2 is 2.00 bits per heavy atom. The van der Waals surface area contributed by atoms with Crippen LogP contribution >= 0.6 is 0 Å². The highest BCUT2D eigenvalue weighted by atomic mass is 16.5. The van der Waals surface area contributed by atoms with Crippen molar-refractivity contribution < 1.29 is 4.74 Å². The molecule has 3 heteroatoms. The minimum atomic E-state index is 0.271. The van der Waals surface area contributed by atoms with Gasteiger partial charge in [0.2, 0.25) is 0 Å². The summed E-state index contributed by atoms with van der Waals surface area (Å²) in [4.78, 5) is 0. The summed E-state index contributed by atoms with van der Waals surface area (Å²) in [5.74, 6) is 0. The van der Waals surface area contributed by atoms with Crippen LogP contribution in [0.15, 0.2) is 0 Å². The number of hydrogen-bond acceptors (Lipinski definition) is 3. The van der Waals surface area contributed by atoms with Crippen molar-refractivity contribution in [1.82, 2.24) is 10.4 Å². The Labute approximate surface area is 74.0 Å². The summed E-state index contributed by atoms with van der Waals surface area (Å²) in [5.41, 5.74) is 3.46. The molecule has 1 spiro atoms. The lowest BCUT2D eigenvalue weighted by molar-refractivity contribution is -0.0511. The standard InChI is InChI=1S/C9H18N2O/c1-10-11-6-4-9(5-7-11)3-2-8-12-9/h10H,2-8H2,1H3. The Kier molecular flexibility index (Phi) is 2.35. The first-order valence-corrected chi connectivity index (χ1v) is 4.91. The number of rotatable bonds is 1. The number of hydrogen-bond donors (Lipinski definition) is 1. The molecule has 0 unspecified atom stereocenters. The molecule has 0 aromatic heterocycles. The first-order valence-electron chi connectivity index (χ1n) is 4.91. The fraction of sp³-hybridized carbons (Fsp3) is 1.00. The van der Waals surface area contributed by atoms with Gasteiger partial charge in [-0.3, -0.25) is 5.43 Å². The maximum absolute atomic E-state index is 5.82. The molecule has 2 aliphatic heterocycles.